The number of nitrogens with zero attached hydrogens (tertiary/aromatic N) is 3. The van der Waals surface area contributed by atoms with E-state index < -0.39 is 40.1 Å². The topological polar surface area (TPSA) is 120 Å². The molecular formula is C33H39F3N4O7S. The number of hydrogen-bond acceptors (Lipinski definition) is 9. The highest BCUT2D eigenvalue weighted by Crippen LogP contribution is 2.37. The first-order chi connectivity index (χ1) is 23.1. The highest BCUT2D eigenvalue weighted by atomic mass is 32.2. The molecule has 11 nitrogen and oxygen atoms in total. The number of ether oxygens (including phenoxy) is 4. The molecule has 0 unspecified atom stereocenters. The quantitative estimate of drug-likeness (QED) is 0.238. The summed E-state index contributed by atoms with van der Waals surface area (Å²) < 4.78 is 95.2. The molecule has 15 heteroatoms. The van der Waals surface area contributed by atoms with Gasteiger partial charge < -0.3 is 23.8 Å². The van der Waals surface area contributed by atoms with E-state index in [1.807, 2.05) is 60.7 Å². The average Bonchev–Trinajstić information content (AvgIpc) is 3.09. The van der Waals surface area contributed by atoms with Crippen molar-refractivity contribution >= 4 is 27.7 Å². The zero-order valence-electron chi connectivity index (χ0n) is 26.3. The van der Waals surface area contributed by atoms with Gasteiger partial charge in [-0.25, -0.2) is 4.98 Å². The highest BCUT2D eigenvalue weighted by molar-refractivity contribution is 7.90. The summed E-state index contributed by atoms with van der Waals surface area (Å²) >= 11 is 0. The molecule has 0 radical (unpaired) electrons. The molecule has 48 heavy (non-hydrogen) atoms. The van der Waals surface area contributed by atoms with Crippen molar-refractivity contribution in [3.63, 3.8) is 0 Å². The van der Waals surface area contributed by atoms with Crippen LogP contribution in [0.5, 0.6) is 0 Å². The minimum atomic E-state index is -4.79. The monoisotopic (exact) mass is 692 g/mol. The van der Waals surface area contributed by atoms with Crippen LogP contribution in [-0.4, -0.2) is 81.9 Å². The normalized spacial score (nSPS) is 17.8. The van der Waals surface area contributed by atoms with Crippen LogP contribution in [0.3, 0.4) is 0 Å². The minimum Gasteiger partial charge on any atom is -0.456 e. The summed E-state index contributed by atoms with van der Waals surface area (Å²) in [6, 6.07) is 18.4. The maximum atomic E-state index is 14.1. The van der Waals surface area contributed by atoms with E-state index >= 15 is 0 Å². The van der Waals surface area contributed by atoms with Crippen molar-refractivity contribution in [3.8, 4) is 0 Å². The molecule has 3 aromatic rings. The number of benzene rings is 2. The van der Waals surface area contributed by atoms with Gasteiger partial charge in [0.05, 0.1) is 51.5 Å². The summed E-state index contributed by atoms with van der Waals surface area (Å²) in [5.41, 5.74) is 0.390. The molecule has 2 aliphatic rings. The summed E-state index contributed by atoms with van der Waals surface area (Å²) in [7, 11) is -4.49. The number of pyridine rings is 1. The van der Waals surface area contributed by atoms with Gasteiger partial charge in [-0.15, -0.1) is 0 Å². The first kappa shape index (κ1) is 35.5. The molecule has 2 saturated heterocycles. The first-order valence-corrected chi connectivity index (χ1v) is 17.2. The Morgan fingerprint density at radius 1 is 0.938 bits per heavy atom. The van der Waals surface area contributed by atoms with Crippen molar-refractivity contribution in [2.45, 2.75) is 50.8 Å². The van der Waals surface area contributed by atoms with Crippen molar-refractivity contribution in [3.05, 3.63) is 89.6 Å². The molecule has 1 aromatic heterocycles. The number of alkyl halides is 3. The Bertz CT molecular complexity index is 1530. The standard InChI is InChI=1S/C33H39F3N4O7S/c34-33(35,36)29-19-27(20-37-31(29)39-15-17-44-18-16-39)38-48(42,43)40-14-8-7-13-30(40)32(41)47-28(23-45-21-25-9-3-1-4-10-25)24-46-22-26-11-5-2-6-12-26/h1-6,9-12,19-20,28,30,38H,7-8,13-18,21-24H2/t30-/m0/s1. The van der Waals surface area contributed by atoms with Gasteiger partial charge in [-0.1, -0.05) is 60.7 Å². The van der Waals surface area contributed by atoms with E-state index in [9.17, 15) is 26.4 Å². The lowest BCUT2D eigenvalue weighted by atomic mass is 10.1. The van der Waals surface area contributed by atoms with Gasteiger partial charge in [0, 0.05) is 19.6 Å². The molecule has 0 bridgehead atoms. The van der Waals surface area contributed by atoms with Gasteiger partial charge in [-0.3, -0.25) is 9.52 Å². The molecule has 0 amide bonds. The van der Waals surface area contributed by atoms with Crippen molar-refractivity contribution in [2.75, 3.05) is 55.7 Å². The number of esters is 1. The molecule has 3 heterocycles. The highest BCUT2D eigenvalue weighted by Gasteiger charge is 2.40. The van der Waals surface area contributed by atoms with E-state index in [0.717, 1.165) is 27.7 Å². The number of hydrogen-bond donors (Lipinski definition) is 1. The predicted octanol–water partition coefficient (Wildman–Crippen LogP) is 4.79. The molecule has 2 aromatic carbocycles. The number of carbonyl (C=O) groups is 1. The summed E-state index contributed by atoms with van der Waals surface area (Å²) in [6.45, 7) is 1.42. The van der Waals surface area contributed by atoms with Crippen LogP contribution in [-0.2, 0) is 53.3 Å². The number of anilines is 2. The van der Waals surface area contributed by atoms with Gasteiger partial charge in [0.25, 0.3) is 0 Å². The van der Waals surface area contributed by atoms with Crippen LogP contribution in [0.1, 0.15) is 36.0 Å². The minimum absolute atomic E-state index is 0.00543. The fourth-order valence-electron chi connectivity index (χ4n) is 5.51. The third-order valence-electron chi connectivity index (χ3n) is 7.88. The largest absolute Gasteiger partial charge is 0.456 e. The van der Waals surface area contributed by atoms with Gasteiger partial charge in [-0.2, -0.15) is 25.9 Å². The van der Waals surface area contributed by atoms with Crippen molar-refractivity contribution in [2.24, 2.45) is 0 Å². The van der Waals surface area contributed by atoms with Crippen LogP contribution in [0.2, 0.25) is 0 Å². The lowest BCUT2D eigenvalue weighted by Crippen LogP contribution is -2.51. The first-order valence-electron chi connectivity index (χ1n) is 15.7. The Morgan fingerprint density at radius 2 is 1.54 bits per heavy atom. The molecule has 0 aliphatic carbocycles. The maximum Gasteiger partial charge on any atom is 0.420 e. The molecule has 1 N–H and O–H groups in total. The van der Waals surface area contributed by atoms with Crippen LogP contribution < -0.4 is 9.62 Å². The van der Waals surface area contributed by atoms with Crippen LogP contribution in [0.4, 0.5) is 24.7 Å². The van der Waals surface area contributed by atoms with E-state index in [2.05, 4.69) is 9.71 Å². The van der Waals surface area contributed by atoms with E-state index in [4.69, 9.17) is 18.9 Å². The Hall–Kier alpha value is -3.76. The van der Waals surface area contributed by atoms with Crippen LogP contribution in [0, 0.1) is 0 Å². The lowest BCUT2D eigenvalue weighted by Gasteiger charge is -2.34. The summed E-state index contributed by atoms with van der Waals surface area (Å²) in [5.74, 6) is -1.10. The van der Waals surface area contributed by atoms with Gasteiger partial charge in [0.2, 0.25) is 0 Å². The molecule has 0 saturated carbocycles. The predicted molar refractivity (Wildman–Crippen MR) is 171 cm³/mol. The zero-order chi connectivity index (χ0) is 34.0. The Balaban J connectivity index is 1.27. The summed E-state index contributed by atoms with van der Waals surface area (Å²) in [6.07, 6.45) is -3.42. The maximum absolute atomic E-state index is 14.1. The van der Waals surface area contributed by atoms with Crippen LogP contribution in [0.15, 0.2) is 72.9 Å². The third-order valence-corrected chi connectivity index (χ3v) is 9.43. The second kappa shape index (κ2) is 16.6. The lowest BCUT2D eigenvalue weighted by molar-refractivity contribution is -0.162. The number of halogens is 3. The zero-order valence-corrected chi connectivity index (χ0v) is 27.1. The smallest absolute Gasteiger partial charge is 0.420 e. The Kier molecular flexibility index (Phi) is 12.3. The number of nitrogens with one attached hydrogen (secondary N) is 1. The number of carbonyl (C=O) groups excluding carboxylic acids is 1. The van der Waals surface area contributed by atoms with Crippen molar-refractivity contribution < 1.29 is 45.3 Å². The van der Waals surface area contributed by atoms with E-state index in [-0.39, 0.29) is 77.2 Å². The van der Waals surface area contributed by atoms with Gasteiger partial charge in [0.1, 0.15) is 23.5 Å². The molecule has 2 fully saturated rings. The fraction of sp³-hybridized carbons (Fsp3) is 0.455. The number of rotatable bonds is 14. The summed E-state index contributed by atoms with van der Waals surface area (Å²) in [4.78, 5) is 19.0. The van der Waals surface area contributed by atoms with Crippen molar-refractivity contribution in [1.82, 2.24) is 9.29 Å². The second-order valence-corrected chi connectivity index (χ2v) is 13.1. The Labute approximate surface area is 278 Å². The van der Waals surface area contributed by atoms with E-state index in [1.165, 1.54) is 4.90 Å². The molecule has 5 rings (SSSR count). The number of piperidine rings is 1. The number of morpholine rings is 1. The third kappa shape index (κ3) is 9.89. The SMILES string of the molecule is O=C(OC(COCc1ccccc1)COCc1ccccc1)[C@@H]1CCCCN1S(=O)(=O)Nc1cnc(N2CCOCC2)c(C(F)(F)F)c1. The summed E-state index contributed by atoms with van der Waals surface area (Å²) in [5, 5.41) is 0. The van der Waals surface area contributed by atoms with Crippen molar-refractivity contribution in [1.29, 1.82) is 0 Å². The molecular weight excluding hydrogens is 653 g/mol. The van der Waals surface area contributed by atoms with Gasteiger partial charge in [-0.05, 0) is 36.5 Å². The molecule has 1 atom stereocenters. The van der Waals surface area contributed by atoms with Gasteiger partial charge in [0.15, 0.2) is 0 Å². The van der Waals surface area contributed by atoms with Gasteiger partial charge >= 0.3 is 22.4 Å². The average molecular weight is 693 g/mol. The number of aromatic nitrogens is 1. The van der Waals surface area contributed by atoms with E-state index in [0.29, 0.717) is 12.8 Å². The van der Waals surface area contributed by atoms with E-state index in [1.54, 1.807) is 0 Å². The Morgan fingerprint density at radius 3 is 2.12 bits per heavy atom. The van der Waals surface area contributed by atoms with Crippen LogP contribution in [0.25, 0.3) is 0 Å². The molecule has 260 valence electrons. The molecule has 2 aliphatic heterocycles. The molecule has 0 spiro atoms. The fourth-order valence-corrected chi connectivity index (χ4v) is 6.93. The van der Waals surface area contributed by atoms with Crippen LogP contribution >= 0.6 is 0 Å². The second-order valence-electron chi connectivity index (χ2n) is 11.5.